The number of rotatable bonds is 7. The van der Waals surface area contributed by atoms with E-state index in [1.54, 1.807) is 18.2 Å². The van der Waals surface area contributed by atoms with Crippen molar-refractivity contribution in [1.82, 2.24) is 14.5 Å². The molecule has 1 unspecified atom stereocenters. The maximum atomic E-state index is 12.6. The van der Waals surface area contributed by atoms with Crippen molar-refractivity contribution in [1.29, 1.82) is 0 Å². The average molecular weight is 420 g/mol. The zero-order valence-electron chi connectivity index (χ0n) is 14.5. The normalized spacial score (nSPS) is 18.5. The Morgan fingerprint density at radius 3 is 2.54 bits per heavy atom. The van der Waals surface area contributed by atoms with Gasteiger partial charge in [0.1, 0.15) is 10.6 Å². The Kier molecular flexibility index (Phi) is 7.06. The van der Waals surface area contributed by atoms with E-state index in [0.29, 0.717) is 16.8 Å². The second-order valence-corrected chi connectivity index (χ2v) is 8.62. The van der Waals surface area contributed by atoms with Gasteiger partial charge in [0.15, 0.2) is 0 Å². The third-order valence-electron chi connectivity index (χ3n) is 4.46. The van der Waals surface area contributed by atoms with Gasteiger partial charge in [0, 0.05) is 43.2 Å². The summed E-state index contributed by atoms with van der Waals surface area (Å²) in [6, 6.07) is 5.11. The molecule has 1 saturated heterocycles. The van der Waals surface area contributed by atoms with Gasteiger partial charge in [-0.15, -0.1) is 0 Å². The number of hydrogen-bond acceptors (Lipinski definition) is 5. The summed E-state index contributed by atoms with van der Waals surface area (Å²) in [4.78, 5) is 4.88. The zero-order chi connectivity index (χ0) is 17.7. The van der Waals surface area contributed by atoms with Crippen LogP contribution in [0.25, 0.3) is 0 Å². The Labute approximate surface area is 153 Å². The fourth-order valence-corrected chi connectivity index (χ4v) is 4.65. The lowest BCUT2D eigenvalue weighted by Crippen LogP contribution is -2.52. The fourth-order valence-electron chi connectivity index (χ4n) is 2.82. The summed E-state index contributed by atoms with van der Waals surface area (Å²) >= 11 is 3.31. The first-order valence-electron chi connectivity index (χ1n) is 8.17. The second-order valence-electron chi connectivity index (χ2n) is 5.97. The molecule has 0 radical (unpaired) electrons. The molecule has 8 heteroatoms. The van der Waals surface area contributed by atoms with Crippen molar-refractivity contribution in [3.8, 4) is 5.75 Å². The molecule has 0 saturated carbocycles. The molecular weight excluding hydrogens is 394 g/mol. The molecule has 2 rings (SSSR count). The number of nitrogens with zero attached hydrogens (tertiary/aromatic N) is 2. The zero-order valence-corrected chi connectivity index (χ0v) is 16.9. The monoisotopic (exact) mass is 419 g/mol. The largest absolute Gasteiger partial charge is 0.495 e. The second kappa shape index (κ2) is 8.62. The van der Waals surface area contributed by atoms with E-state index in [2.05, 4.69) is 44.3 Å². The quantitative estimate of drug-likeness (QED) is 0.729. The van der Waals surface area contributed by atoms with Crippen molar-refractivity contribution in [2.24, 2.45) is 0 Å². The van der Waals surface area contributed by atoms with Crippen molar-refractivity contribution < 1.29 is 13.2 Å². The summed E-state index contributed by atoms with van der Waals surface area (Å²) in [6.07, 6.45) is 0. The molecule has 0 aromatic heterocycles. The molecule has 1 aliphatic rings. The number of halogens is 1. The van der Waals surface area contributed by atoms with E-state index in [1.165, 1.54) is 7.11 Å². The maximum Gasteiger partial charge on any atom is 0.244 e. The van der Waals surface area contributed by atoms with Gasteiger partial charge in [-0.1, -0.05) is 22.9 Å². The minimum absolute atomic E-state index is 0.150. The molecule has 1 aromatic rings. The third-order valence-corrected chi connectivity index (χ3v) is 6.40. The van der Waals surface area contributed by atoms with Crippen molar-refractivity contribution in [3.05, 3.63) is 22.7 Å². The van der Waals surface area contributed by atoms with Crippen LogP contribution in [0.15, 0.2) is 27.6 Å². The highest BCUT2D eigenvalue weighted by molar-refractivity contribution is 9.10. The Hall–Kier alpha value is -0.670. The molecule has 0 bridgehead atoms. The van der Waals surface area contributed by atoms with Crippen LogP contribution < -0.4 is 9.46 Å². The van der Waals surface area contributed by atoms with Gasteiger partial charge in [-0.3, -0.25) is 4.90 Å². The summed E-state index contributed by atoms with van der Waals surface area (Å²) in [5, 5.41) is 0. The number of likely N-dealkylation sites (N-methyl/N-ethyl adjacent to an activating group) is 1. The molecule has 1 fully saturated rings. The standard InChI is InChI=1S/C16H26BrN3O3S/c1-4-19-7-9-20(10-8-19)13(2)12-18-24(21,22)16-11-14(17)5-6-15(16)23-3/h5-6,11,13,18H,4,7-10,12H2,1-3H3. The molecule has 0 spiro atoms. The molecule has 6 nitrogen and oxygen atoms in total. The highest BCUT2D eigenvalue weighted by Gasteiger charge is 2.24. The summed E-state index contributed by atoms with van der Waals surface area (Å²) < 4.78 is 33.8. The van der Waals surface area contributed by atoms with Crippen LogP contribution in [0, 0.1) is 0 Å². The van der Waals surface area contributed by atoms with Gasteiger partial charge in [0.05, 0.1) is 7.11 Å². The van der Waals surface area contributed by atoms with Crippen LogP contribution in [-0.4, -0.2) is 70.6 Å². The number of methoxy groups -OCH3 is 1. The van der Waals surface area contributed by atoms with Crippen LogP contribution in [-0.2, 0) is 10.0 Å². The van der Waals surface area contributed by atoms with Crippen LogP contribution in [0.5, 0.6) is 5.75 Å². The first-order chi connectivity index (χ1) is 11.4. The van der Waals surface area contributed by atoms with Crippen LogP contribution >= 0.6 is 15.9 Å². The number of ether oxygens (including phenoxy) is 1. The van der Waals surface area contributed by atoms with Gasteiger partial charge in [0.2, 0.25) is 10.0 Å². The minimum Gasteiger partial charge on any atom is -0.495 e. The highest BCUT2D eigenvalue weighted by atomic mass is 79.9. The van der Waals surface area contributed by atoms with E-state index in [1.807, 2.05) is 0 Å². The highest BCUT2D eigenvalue weighted by Crippen LogP contribution is 2.27. The Morgan fingerprint density at radius 1 is 1.29 bits per heavy atom. The molecule has 1 atom stereocenters. The summed E-state index contributed by atoms with van der Waals surface area (Å²) in [6.45, 7) is 9.68. The number of nitrogens with one attached hydrogen (secondary N) is 1. The first-order valence-corrected chi connectivity index (χ1v) is 10.4. The summed E-state index contributed by atoms with van der Waals surface area (Å²) in [7, 11) is -2.15. The Balaban J connectivity index is 1.99. The van der Waals surface area contributed by atoms with Gasteiger partial charge in [-0.2, -0.15) is 0 Å². The van der Waals surface area contributed by atoms with Crippen molar-refractivity contribution in [2.75, 3.05) is 46.4 Å². The fraction of sp³-hybridized carbons (Fsp3) is 0.625. The molecule has 0 aliphatic carbocycles. The van der Waals surface area contributed by atoms with E-state index >= 15 is 0 Å². The summed E-state index contributed by atoms with van der Waals surface area (Å²) in [5.74, 6) is 0.343. The Bertz CT molecular complexity index is 646. The van der Waals surface area contributed by atoms with Gasteiger partial charge in [0.25, 0.3) is 0 Å². The molecule has 1 aliphatic heterocycles. The maximum absolute atomic E-state index is 12.6. The van der Waals surface area contributed by atoms with Crippen LogP contribution in [0.1, 0.15) is 13.8 Å². The lowest BCUT2D eigenvalue weighted by molar-refractivity contribution is 0.107. The van der Waals surface area contributed by atoms with Gasteiger partial charge < -0.3 is 9.64 Å². The number of hydrogen-bond donors (Lipinski definition) is 1. The number of benzene rings is 1. The molecule has 136 valence electrons. The van der Waals surface area contributed by atoms with Gasteiger partial charge >= 0.3 is 0 Å². The summed E-state index contributed by atoms with van der Waals surface area (Å²) in [5.41, 5.74) is 0. The number of sulfonamides is 1. The van der Waals surface area contributed by atoms with Crippen molar-refractivity contribution in [2.45, 2.75) is 24.8 Å². The van der Waals surface area contributed by atoms with Crippen LogP contribution in [0.4, 0.5) is 0 Å². The van der Waals surface area contributed by atoms with Crippen molar-refractivity contribution >= 4 is 26.0 Å². The third kappa shape index (κ3) is 4.92. The van der Waals surface area contributed by atoms with Crippen molar-refractivity contribution in [3.63, 3.8) is 0 Å². The molecule has 1 heterocycles. The SMILES string of the molecule is CCN1CCN(C(C)CNS(=O)(=O)c2cc(Br)ccc2OC)CC1. The first kappa shape index (κ1) is 19.7. The van der Waals surface area contributed by atoms with E-state index in [0.717, 1.165) is 32.7 Å². The predicted molar refractivity (Wildman–Crippen MR) is 99.0 cm³/mol. The molecule has 1 N–H and O–H groups in total. The lowest BCUT2D eigenvalue weighted by Gasteiger charge is -2.37. The molecular formula is C16H26BrN3O3S. The average Bonchev–Trinajstić information content (AvgIpc) is 2.59. The van der Waals surface area contributed by atoms with Crippen LogP contribution in [0.2, 0.25) is 0 Å². The molecule has 0 amide bonds. The lowest BCUT2D eigenvalue weighted by atomic mass is 10.2. The topological polar surface area (TPSA) is 61.9 Å². The van der Waals surface area contributed by atoms with E-state index < -0.39 is 10.0 Å². The molecule has 24 heavy (non-hydrogen) atoms. The molecule has 1 aromatic carbocycles. The van der Waals surface area contributed by atoms with Gasteiger partial charge in [-0.05, 0) is 31.7 Å². The predicted octanol–water partition coefficient (Wildman–Crippen LogP) is 1.76. The Morgan fingerprint density at radius 2 is 1.96 bits per heavy atom. The van der Waals surface area contributed by atoms with E-state index in [4.69, 9.17) is 4.74 Å². The minimum atomic E-state index is -3.62. The van der Waals surface area contributed by atoms with E-state index in [-0.39, 0.29) is 10.9 Å². The number of piperazine rings is 1. The smallest absolute Gasteiger partial charge is 0.244 e. The van der Waals surface area contributed by atoms with Gasteiger partial charge in [-0.25, -0.2) is 13.1 Å². The van der Waals surface area contributed by atoms with E-state index in [9.17, 15) is 8.42 Å². The van der Waals surface area contributed by atoms with Crippen LogP contribution in [0.3, 0.4) is 0 Å².